The van der Waals surface area contributed by atoms with Gasteiger partial charge in [-0.25, -0.2) is 0 Å². The fraction of sp³-hybridized carbons (Fsp3) is 1.00. The summed E-state index contributed by atoms with van der Waals surface area (Å²) in [5.41, 5.74) is 0. The van der Waals surface area contributed by atoms with Crippen molar-refractivity contribution in [2.45, 2.75) is 36.6 Å². The van der Waals surface area contributed by atoms with Gasteiger partial charge >= 0.3 is 75.1 Å². The van der Waals surface area contributed by atoms with Gasteiger partial charge in [0.2, 0.25) is 0 Å². The van der Waals surface area contributed by atoms with Gasteiger partial charge in [0.05, 0.1) is 0 Å². The fourth-order valence-corrected chi connectivity index (χ4v) is 4.95. The Labute approximate surface area is 75.2 Å². The normalized spacial score (nSPS) is 12.0. The first kappa shape index (κ1) is 11.7. The summed E-state index contributed by atoms with van der Waals surface area (Å²) >= 11 is -2.44. The Balaban J connectivity index is 3.43. The molecule has 2 nitrogen and oxygen atoms in total. The first-order valence-electron chi connectivity index (χ1n) is 4.40. The molecule has 0 aliphatic heterocycles. The van der Waals surface area contributed by atoms with Crippen molar-refractivity contribution in [3.8, 4) is 0 Å². The van der Waals surface area contributed by atoms with Crippen LogP contribution in [0.5, 0.6) is 0 Å². The molecule has 0 heterocycles. The third-order valence-electron chi connectivity index (χ3n) is 1.31. The quantitative estimate of drug-likeness (QED) is 0.688. The van der Waals surface area contributed by atoms with E-state index in [1.165, 1.54) is 0 Å². The third-order valence-corrected chi connectivity index (χ3v) is 6.44. The van der Waals surface area contributed by atoms with Crippen LogP contribution in [0.15, 0.2) is 0 Å². The zero-order valence-electron chi connectivity index (χ0n) is 8.14. The van der Waals surface area contributed by atoms with Gasteiger partial charge in [-0.1, -0.05) is 0 Å². The van der Waals surface area contributed by atoms with Crippen molar-refractivity contribution in [3.63, 3.8) is 0 Å². The van der Waals surface area contributed by atoms with Crippen molar-refractivity contribution in [1.82, 2.24) is 0 Å². The standard InChI is InChI=1S/2C3H7O.2CH3.Sn/c2*1-2-3-4;;;/h2*2-3H2,1H3;2*1H3;/q2*-1;;;+2. The zero-order valence-corrected chi connectivity index (χ0v) is 11.0. The topological polar surface area (TPSA) is 18.5 Å². The molecule has 11 heavy (non-hydrogen) atoms. The monoisotopic (exact) mass is 268 g/mol. The molecule has 0 N–H and O–H groups in total. The van der Waals surface area contributed by atoms with E-state index >= 15 is 0 Å². The van der Waals surface area contributed by atoms with E-state index in [9.17, 15) is 0 Å². The molecule has 3 heteroatoms. The molecule has 0 aromatic carbocycles. The maximum absolute atomic E-state index is 5.67. The van der Waals surface area contributed by atoms with Crippen molar-refractivity contribution in [2.24, 2.45) is 0 Å². The second-order valence-corrected chi connectivity index (χ2v) is 12.7. The number of rotatable bonds is 6. The molecule has 0 saturated heterocycles. The van der Waals surface area contributed by atoms with Crippen molar-refractivity contribution < 1.29 is 6.15 Å². The van der Waals surface area contributed by atoms with Crippen LogP contribution in [0.2, 0.25) is 9.88 Å². The predicted octanol–water partition coefficient (Wildman–Crippen LogP) is 2.54. The van der Waals surface area contributed by atoms with Crippen LogP contribution in [0, 0.1) is 0 Å². The second kappa shape index (κ2) is 6.26. The fourth-order valence-electron chi connectivity index (χ4n) is 0.737. The summed E-state index contributed by atoms with van der Waals surface area (Å²) in [6.07, 6.45) is 2.19. The van der Waals surface area contributed by atoms with Gasteiger partial charge < -0.3 is 0 Å². The molecule has 0 radical (unpaired) electrons. The molecule has 0 saturated carbocycles. The summed E-state index contributed by atoms with van der Waals surface area (Å²) in [5, 5.41) is 0. The summed E-state index contributed by atoms with van der Waals surface area (Å²) < 4.78 is 11.3. The Morgan fingerprint density at radius 3 is 1.55 bits per heavy atom. The molecule has 0 aromatic heterocycles. The van der Waals surface area contributed by atoms with Crippen molar-refractivity contribution in [1.29, 1.82) is 0 Å². The van der Waals surface area contributed by atoms with Crippen LogP contribution < -0.4 is 0 Å². The first-order valence-corrected chi connectivity index (χ1v) is 12.4. The molecule has 0 fully saturated rings. The van der Waals surface area contributed by atoms with Gasteiger partial charge in [0.15, 0.2) is 0 Å². The summed E-state index contributed by atoms with van der Waals surface area (Å²) in [6.45, 7) is 5.99. The van der Waals surface area contributed by atoms with Crippen LogP contribution >= 0.6 is 0 Å². The van der Waals surface area contributed by atoms with Gasteiger partial charge in [0.25, 0.3) is 0 Å². The van der Waals surface area contributed by atoms with E-state index in [4.69, 9.17) is 6.15 Å². The van der Waals surface area contributed by atoms with E-state index in [1.54, 1.807) is 0 Å². The van der Waals surface area contributed by atoms with Crippen LogP contribution in [0.25, 0.3) is 0 Å². The Hall–Kier alpha value is 0.719. The molecular weight excluding hydrogens is 247 g/mol. The maximum atomic E-state index is 5.67. The van der Waals surface area contributed by atoms with E-state index in [2.05, 4.69) is 23.7 Å². The van der Waals surface area contributed by atoms with Gasteiger partial charge in [-0.05, 0) is 0 Å². The molecule has 0 unspecified atom stereocenters. The van der Waals surface area contributed by atoms with Crippen molar-refractivity contribution in [2.75, 3.05) is 13.2 Å². The van der Waals surface area contributed by atoms with E-state index in [-0.39, 0.29) is 0 Å². The molecule has 0 aliphatic carbocycles. The molecular formula is C8H20O2Sn. The first-order chi connectivity index (χ1) is 5.12. The van der Waals surface area contributed by atoms with E-state index in [0.717, 1.165) is 26.1 Å². The molecule has 0 aromatic rings. The minimum atomic E-state index is -2.44. The van der Waals surface area contributed by atoms with Crippen molar-refractivity contribution >= 4 is 19.2 Å². The summed E-state index contributed by atoms with van der Waals surface area (Å²) in [7, 11) is 0. The Kier molecular flexibility index (Phi) is 6.67. The van der Waals surface area contributed by atoms with E-state index in [0.29, 0.717) is 0 Å². The number of hydrogen-bond acceptors (Lipinski definition) is 2. The molecule has 0 rings (SSSR count). The summed E-state index contributed by atoms with van der Waals surface area (Å²) in [4.78, 5) is 4.33. The Bertz CT molecular complexity index is 84.1. The summed E-state index contributed by atoms with van der Waals surface area (Å²) in [6, 6.07) is 0. The van der Waals surface area contributed by atoms with Gasteiger partial charge in [-0.15, -0.1) is 0 Å². The Morgan fingerprint density at radius 1 is 0.909 bits per heavy atom. The van der Waals surface area contributed by atoms with Crippen molar-refractivity contribution in [3.05, 3.63) is 0 Å². The van der Waals surface area contributed by atoms with E-state index in [1.807, 2.05) is 0 Å². The van der Waals surface area contributed by atoms with Crippen LogP contribution in [0.3, 0.4) is 0 Å². The molecule has 0 spiro atoms. The average molecular weight is 267 g/mol. The molecule has 0 amide bonds. The zero-order chi connectivity index (χ0) is 8.74. The average Bonchev–Trinajstić information content (AvgIpc) is 1.97. The summed E-state index contributed by atoms with van der Waals surface area (Å²) in [5.74, 6) is 0. The predicted molar refractivity (Wildman–Crippen MR) is 50.0 cm³/mol. The van der Waals surface area contributed by atoms with E-state index < -0.39 is 19.2 Å². The van der Waals surface area contributed by atoms with Gasteiger partial charge in [-0.3, -0.25) is 0 Å². The molecule has 0 aliphatic rings. The molecule has 0 atom stereocenters. The second-order valence-electron chi connectivity index (χ2n) is 3.10. The Morgan fingerprint density at radius 2 is 1.27 bits per heavy atom. The SMILES string of the molecule is CCC[O][Sn]([CH3])([CH3])[O]CCC. The van der Waals surface area contributed by atoms with Crippen LogP contribution in [0.1, 0.15) is 26.7 Å². The van der Waals surface area contributed by atoms with Crippen LogP contribution in [0.4, 0.5) is 0 Å². The van der Waals surface area contributed by atoms with Crippen LogP contribution in [-0.4, -0.2) is 32.4 Å². The molecule has 0 bridgehead atoms. The minimum absolute atomic E-state index is 0.868. The van der Waals surface area contributed by atoms with Gasteiger partial charge in [-0.2, -0.15) is 0 Å². The van der Waals surface area contributed by atoms with Gasteiger partial charge in [0, 0.05) is 0 Å². The third kappa shape index (κ3) is 7.09. The van der Waals surface area contributed by atoms with Crippen LogP contribution in [-0.2, 0) is 6.15 Å². The van der Waals surface area contributed by atoms with Gasteiger partial charge in [0.1, 0.15) is 0 Å². The molecule has 68 valence electrons. The number of hydrogen-bond donors (Lipinski definition) is 0.